The molecule has 0 radical (unpaired) electrons. The van der Waals surface area contributed by atoms with Crippen molar-refractivity contribution in [2.75, 3.05) is 11.9 Å². The zero-order valence-electron chi connectivity index (χ0n) is 11.5. The van der Waals surface area contributed by atoms with Gasteiger partial charge in [0.05, 0.1) is 15.7 Å². The van der Waals surface area contributed by atoms with Gasteiger partial charge in [-0.3, -0.25) is 0 Å². The Morgan fingerprint density at radius 3 is 2.40 bits per heavy atom. The van der Waals surface area contributed by atoms with E-state index >= 15 is 0 Å². The van der Waals surface area contributed by atoms with Gasteiger partial charge in [-0.1, -0.05) is 17.7 Å². The summed E-state index contributed by atoms with van der Waals surface area (Å²) in [4.78, 5) is 1.79. The molecule has 0 heterocycles. The Hall–Kier alpha value is -1.86. The molecule has 2 rings (SSSR count). The molecule has 0 saturated carbocycles. The average Bonchev–Trinajstić information content (AvgIpc) is 2.41. The first-order chi connectivity index (χ1) is 9.45. The molecule has 0 saturated heterocycles. The van der Waals surface area contributed by atoms with E-state index in [4.69, 9.17) is 5.26 Å². The fraction of sp³-hybridized carbons (Fsp3) is 0.188. The Bertz CT molecular complexity index is 704. The van der Waals surface area contributed by atoms with Crippen LogP contribution in [0.5, 0.6) is 0 Å². The molecule has 2 nitrogen and oxygen atoms in total. The lowest BCUT2D eigenvalue weighted by atomic mass is 10.1. The minimum Gasteiger partial charge on any atom is -0.342 e. The van der Waals surface area contributed by atoms with Crippen LogP contribution in [0.3, 0.4) is 0 Å². The molecule has 2 aromatic carbocycles. The highest BCUT2D eigenvalue weighted by Gasteiger charge is 2.16. The van der Waals surface area contributed by atoms with Crippen LogP contribution in [0.1, 0.15) is 16.7 Å². The van der Waals surface area contributed by atoms with Gasteiger partial charge >= 0.3 is 0 Å². The first kappa shape index (κ1) is 14.5. The summed E-state index contributed by atoms with van der Waals surface area (Å²) in [7, 11) is 1.81. The molecule has 0 aromatic heterocycles. The van der Waals surface area contributed by atoms with E-state index in [1.165, 1.54) is 5.56 Å². The monoisotopic (exact) mass is 332 g/mol. The Balaban J connectivity index is 2.52. The fourth-order valence-corrected chi connectivity index (χ4v) is 2.62. The van der Waals surface area contributed by atoms with Crippen LogP contribution >= 0.6 is 15.9 Å². The Morgan fingerprint density at radius 1 is 1.15 bits per heavy atom. The normalized spacial score (nSPS) is 10.2. The van der Waals surface area contributed by atoms with Crippen LogP contribution in [0.4, 0.5) is 15.8 Å². The second-order valence-corrected chi connectivity index (χ2v) is 5.51. The van der Waals surface area contributed by atoms with Gasteiger partial charge < -0.3 is 4.90 Å². The summed E-state index contributed by atoms with van der Waals surface area (Å²) in [6, 6.07) is 11.2. The molecule has 20 heavy (non-hydrogen) atoms. The number of hydrogen-bond acceptors (Lipinski definition) is 2. The molecular formula is C16H14BrFN2. The SMILES string of the molecule is Cc1ccc(N(C)c2ccc(C#N)c(Br)c2F)c(C)c1. The molecule has 0 atom stereocenters. The van der Waals surface area contributed by atoms with E-state index in [9.17, 15) is 4.39 Å². The largest absolute Gasteiger partial charge is 0.342 e. The number of aryl methyl sites for hydroxylation is 2. The quantitative estimate of drug-likeness (QED) is 0.786. The van der Waals surface area contributed by atoms with Crippen LogP contribution in [-0.2, 0) is 0 Å². The van der Waals surface area contributed by atoms with Gasteiger partial charge in [0.25, 0.3) is 0 Å². The number of anilines is 2. The van der Waals surface area contributed by atoms with E-state index in [1.54, 1.807) is 17.0 Å². The molecule has 0 fully saturated rings. The minimum absolute atomic E-state index is 0.203. The number of nitrogens with zero attached hydrogens (tertiary/aromatic N) is 2. The maximum atomic E-state index is 14.4. The third kappa shape index (κ3) is 2.54. The molecule has 0 bridgehead atoms. The summed E-state index contributed by atoms with van der Waals surface area (Å²) in [6.07, 6.45) is 0. The fourth-order valence-electron chi connectivity index (χ4n) is 2.20. The zero-order chi connectivity index (χ0) is 14.9. The molecule has 0 spiro atoms. The van der Waals surface area contributed by atoms with Crippen molar-refractivity contribution in [3.63, 3.8) is 0 Å². The standard InChI is InChI=1S/C16H14BrFN2/c1-10-4-6-13(11(2)8-10)20(3)14-7-5-12(9-19)15(17)16(14)18/h4-8H,1-3H3. The maximum absolute atomic E-state index is 14.4. The van der Waals surface area contributed by atoms with Crippen LogP contribution in [0.2, 0.25) is 0 Å². The average molecular weight is 333 g/mol. The second kappa shape index (κ2) is 5.64. The molecule has 102 valence electrons. The van der Waals surface area contributed by atoms with Gasteiger partial charge in [-0.15, -0.1) is 0 Å². The number of benzene rings is 2. The minimum atomic E-state index is -0.425. The third-order valence-electron chi connectivity index (χ3n) is 3.26. The summed E-state index contributed by atoms with van der Waals surface area (Å²) in [5.74, 6) is -0.425. The molecule has 0 N–H and O–H groups in total. The number of rotatable bonds is 2. The van der Waals surface area contributed by atoms with E-state index < -0.39 is 5.82 Å². The topological polar surface area (TPSA) is 27.0 Å². The maximum Gasteiger partial charge on any atom is 0.162 e. The zero-order valence-corrected chi connectivity index (χ0v) is 13.1. The summed E-state index contributed by atoms with van der Waals surface area (Å²) < 4.78 is 14.6. The van der Waals surface area contributed by atoms with Crippen LogP contribution in [0.25, 0.3) is 0 Å². The summed E-state index contributed by atoms with van der Waals surface area (Å²) >= 11 is 3.14. The molecule has 0 unspecified atom stereocenters. The van der Waals surface area contributed by atoms with Gasteiger partial charge in [0, 0.05) is 12.7 Å². The molecule has 0 amide bonds. The van der Waals surface area contributed by atoms with Crippen molar-refractivity contribution in [2.24, 2.45) is 0 Å². The van der Waals surface area contributed by atoms with Gasteiger partial charge in [-0.2, -0.15) is 5.26 Å². The summed E-state index contributed by atoms with van der Waals surface area (Å²) in [5, 5.41) is 8.90. The highest BCUT2D eigenvalue weighted by Crippen LogP contribution is 2.33. The lowest BCUT2D eigenvalue weighted by Crippen LogP contribution is -2.13. The highest BCUT2D eigenvalue weighted by molar-refractivity contribution is 9.10. The van der Waals surface area contributed by atoms with Crippen molar-refractivity contribution in [1.29, 1.82) is 5.26 Å². The van der Waals surface area contributed by atoms with Crippen molar-refractivity contribution < 1.29 is 4.39 Å². The van der Waals surface area contributed by atoms with E-state index in [0.29, 0.717) is 11.3 Å². The highest BCUT2D eigenvalue weighted by atomic mass is 79.9. The predicted molar refractivity (Wildman–Crippen MR) is 82.8 cm³/mol. The van der Waals surface area contributed by atoms with E-state index in [1.807, 2.05) is 39.1 Å². The van der Waals surface area contributed by atoms with Crippen molar-refractivity contribution >= 4 is 27.3 Å². The first-order valence-electron chi connectivity index (χ1n) is 6.14. The van der Waals surface area contributed by atoms with Gasteiger partial charge in [0.2, 0.25) is 0 Å². The Labute approximate surface area is 126 Å². The van der Waals surface area contributed by atoms with Gasteiger partial charge in [-0.25, -0.2) is 4.39 Å². The lowest BCUT2D eigenvalue weighted by molar-refractivity contribution is 0.620. The van der Waals surface area contributed by atoms with Crippen molar-refractivity contribution in [3.8, 4) is 6.07 Å². The van der Waals surface area contributed by atoms with Gasteiger partial charge in [-0.05, 0) is 53.5 Å². The Kier molecular flexibility index (Phi) is 4.10. The smallest absolute Gasteiger partial charge is 0.162 e. The number of nitriles is 1. The first-order valence-corrected chi connectivity index (χ1v) is 6.94. The molecular weight excluding hydrogens is 319 g/mol. The molecule has 4 heteroatoms. The molecule has 2 aromatic rings. The van der Waals surface area contributed by atoms with Crippen LogP contribution in [0, 0.1) is 31.0 Å². The van der Waals surface area contributed by atoms with Gasteiger partial charge in [0.15, 0.2) is 5.82 Å². The van der Waals surface area contributed by atoms with Crippen LogP contribution in [0.15, 0.2) is 34.8 Å². The second-order valence-electron chi connectivity index (χ2n) is 4.72. The molecule has 0 aliphatic heterocycles. The molecule has 0 aliphatic carbocycles. The lowest BCUT2D eigenvalue weighted by Gasteiger charge is -2.23. The number of hydrogen-bond donors (Lipinski definition) is 0. The Morgan fingerprint density at radius 2 is 1.80 bits per heavy atom. The van der Waals surface area contributed by atoms with Crippen molar-refractivity contribution in [3.05, 3.63) is 57.3 Å². The van der Waals surface area contributed by atoms with E-state index in [0.717, 1.165) is 11.3 Å². The van der Waals surface area contributed by atoms with E-state index in [2.05, 4.69) is 22.0 Å². The van der Waals surface area contributed by atoms with Gasteiger partial charge in [0.1, 0.15) is 6.07 Å². The summed E-state index contributed by atoms with van der Waals surface area (Å²) in [5.41, 5.74) is 3.91. The van der Waals surface area contributed by atoms with Crippen LogP contribution in [-0.4, -0.2) is 7.05 Å². The van der Waals surface area contributed by atoms with Crippen molar-refractivity contribution in [2.45, 2.75) is 13.8 Å². The molecule has 0 aliphatic rings. The van der Waals surface area contributed by atoms with E-state index in [-0.39, 0.29) is 4.47 Å². The van der Waals surface area contributed by atoms with Crippen molar-refractivity contribution in [1.82, 2.24) is 0 Å². The van der Waals surface area contributed by atoms with Crippen LogP contribution < -0.4 is 4.90 Å². The third-order valence-corrected chi connectivity index (χ3v) is 4.03. The number of halogens is 2. The predicted octanol–water partition coefficient (Wildman–Crippen LogP) is 4.84. The summed E-state index contributed by atoms with van der Waals surface area (Å²) in [6.45, 7) is 4.02.